The number of halogens is 1. The number of benzene rings is 1. The summed E-state index contributed by atoms with van der Waals surface area (Å²) in [5.74, 6) is -0.909. The second kappa shape index (κ2) is 12.3. The van der Waals surface area contributed by atoms with Crippen molar-refractivity contribution < 1.29 is 23.8 Å². The quantitative estimate of drug-likeness (QED) is 0.474. The van der Waals surface area contributed by atoms with Crippen molar-refractivity contribution in [2.24, 2.45) is 5.92 Å². The van der Waals surface area contributed by atoms with Gasteiger partial charge in [-0.25, -0.2) is 4.79 Å². The molecule has 9 nitrogen and oxygen atoms in total. The number of piperidine rings is 1. The van der Waals surface area contributed by atoms with Gasteiger partial charge in [0.15, 0.2) is 0 Å². The number of carbonyl (C=O) groups is 2. The molecule has 1 saturated heterocycles. The number of nitrogens with zero attached hydrogens (tertiary/aromatic N) is 2. The van der Waals surface area contributed by atoms with Crippen molar-refractivity contribution in [3.8, 4) is 0 Å². The SMILES string of the molecule is COCCc1ccc(Cl)c(CN(C(=O)[C@H]2CN(C(=O)OC(C)(C)C)CC[C@]2(OC)c2cc[nH]c(=O)c2)C2CC2)c1. The molecule has 1 saturated carbocycles. The first-order chi connectivity index (χ1) is 19.0. The van der Waals surface area contributed by atoms with Crippen LogP contribution in [0.15, 0.2) is 41.3 Å². The van der Waals surface area contributed by atoms with Gasteiger partial charge < -0.3 is 29.0 Å². The minimum absolute atomic E-state index is 0.0665. The Hall–Kier alpha value is -2.88. The van der Waals surface area contributed by atoms with E-state index in [1.54, 1.807) is 31.4 Å². The molecule has 2 aromatic rings. The van der Waals surface area contributed by atoms with Crippen molar-refractivity contribution in [1.82, 2.24) is 14.8 Å². The van der Waals surface area contributed by atoms with Crippen molar-refractivity contribution in [3.05, 3.63) is 68.6 Å². The highest BCUT2D eigenvalue weighted by molar-refractivity contribution is 6.31. The van der Waals surface area contributed by atoms with Crippen LogP contribution in [0, 0.1) is 5.92 Å². The Morgan fingerprint density at radius 1 is 1.18 bits per heavy atom. The Balaban J connectivity index is 1.70. The second-order valence-corrected chi connectivity index (χ2v) is 12.0. The number of hydrogen-bond acceptors (Lipinski definition) is 6. The predicted octanol–water partition coefficient (Wildman–Crippen LogP) is 4.51. The Labute approximate surface area is 240 Å². The van der Waals surface area contributed by atoms with Gasteiger partial charge in [-0.3, -0.25) is 9.59 Å². The molecule has 0 bridgehead atoms. The molecular formula is C30H40ClN3O6. The van der Waals surface area contributed by atoms with Gasteiger partial charge in [0.25, 0.3) is 0 Å². The lowest BCUT2D eigenvalue weighted by atomic mass is 9.75. The van der Waals surface area contributed by atoms with E-state index in [0.717, 1.165) is 30.4 Å². The van der Waals surface area contributed by atoms with Gasteiger partial charge in [0.1, 0.15) is 11.2 Å². The summed E-state index contributed by atoms with van der Waals surface area (Å²) in [6, 6.07) is 9.17. The third-order valence-electron chi connectivity index (χ3n) is 7.61. The van der Waals surface area contributed by atoms with Crippen LogP contribution in [0.3, 0.4) is 0 Å². The van der Waals surface area contributed by atoms with Gasteiger partial charge in [0, 0.05) is 57.2 Å². The molecule has 218 valence electrons. The van der Waals surface area contributed by atoms with E-state index < -0.39 is 23.2 Å². The molecule has 2 aliphatic rings. The van der Waals surface area contributed by atoms with Crippen LogP contribution in [-0.4, -0.2) is 72.3 Å². The van der Waals surface area contributed by atoms with Crippen molar-refractivity contribution in [3.63, 3.8) is 0 Å². The zero-order valence-electron chi connectivity index (χ0n) is 24.0. The number of hydrogen-bond donors (Lipinski definition) is 1. The standard InChI is InChI=1S/C30H40ClN3O6/c1-29(2,3)40-28(37)33-14-12-30(39-5,22-10-13-32-26(35)17-22)24(19-33)27(36)34(23-7-8-23)18-21-16-20(11-15-38-4)6-9-25(21)31/h6,9-10,13,16-17,23-24H,7-8,11-12,14-15,18-19H2,1-5H3,(H,32,35)/t24-,30+/m1/s1. The van der Waals surface area contributed by atoms with Crippen LogP contribution in [0.2, 0.25) is 5.02 Å². The first-order valence-corrected chi connectivity index (χ1v) is 14.1. The zero-order valence-corrected chi connectivity index (χ0v) is 24.8. The van der Waals surface area contributed by atoms with Crippen molar-refractivity contribution >= 4 is 23.6 Å². The molecule has 2 amide bonds. The van der Waals surface area contributed by atoms with Gasteiger partial charge >= 0.3 is 6.09 Å². The fraction of sp³-hybridized carbons (Fsp3) is 0.567. The summed E-state index contributed by atoms with van der Waals surface area (Å²) in [7, 11) is 3.22. The maximum absolute atomic E-state index is 14.6. The summed E-state index contributed by atoms with van der Waals surface area (Å²) in [5.41, 5.74) is 0.484. The molecule has 2 heterocycles. The van der Waals surface area contributed by atoms with E-state index in [1.807, 2.05) is 43.9 Å². The van der Waals surface area contributed by atoms with E-state index >= 15 is 0 Å². The number of aromatic nitrogens is 1. The van der Waals surface area contributed by atoms with Crippen molar-refractivity contribution in [2.45, 2.75) is 70.2 Å². The molecule has 1 aliphatic carbocycles. The maximum atomic E-state index is 14.6. The number of H-pyrrole nitrogens is 1. The average molecular weight is 574 g/mol. The number of likely N-dealkylation sites (tertiary alicyclic amines) is 1. The Bertz CT molecular complexity index is 1270. The van der Waals surface area contributed by atoms with Gasteiger partial charge in [0.2, 0.25) is 11.5 Å². The van der Waals surface area contributed by atoms with E-state index in [-0.39, 0.29) is 24.1 Å². The molecule has 1 aromatic carbocycles. The molecule has 2 atom stereocenters. The van der Waals surface area contributed by atoms with Crippen LogP contribution in [0.4, 0.5) is 4.79 Å². The molecule has 0 radical (unpaired) electrons. The van der Waals surface area contributed by atoms with Crippen molar-refractivity contribution in [1.29, 1.82) is 0 Å². The highest BCUT2D eigenvalue weighted by Crippen LogP contribution is 2.43. The first-order valence-electron chi connectivity index (χ1n) is 13.8. The number of aromatic amines is 1. The summed E-state index contributed by atoms with van der Waals surface area (Å²) in [6.07, 6.45) is 3.92. The fourth-order valence-electron chi connectivity index (χ4n) is 5.40. The molecule has 4 rings (SSSR count). The number of nitrogens with one attached hydrogen (secondary N) is 1. The van der Waals surface area contributed by atoms with Gasteiger partial charge in [-0.05, 0) is 75.3 Å². The van der Waals surface area contributed by atoms with Crippen LogP contribution in [-0.2, 0) is 37.6 Å². The summed E-state index contributed by atoms with van der Waals surface area (Å²) in [4.78, 5) is 46.1. The highest BCUT2D eigenvalue weighted by atomic mass is 35.5. The van der Waals surface area contributed by atoms with E-state index in [4.69, 9.17) is 25.8 Å². The van der Waals surface area contributed by atoms with E-state index in [0.29, 0.717) is 36.7 Å². The lowest BCUT2D eigenvalue weighted by Crippen LogP contribution is -2.58. The Morgan fingerprint density at radius 2 is 1.93 bits per heavy atom. The Morgan fingerprint density at radius 3 is 2.55 bits per heavy atom. The number of rotatable bonds is 9. The van der Waals surface area contributed by atoms with E-state index in [9.17, 15) is 14.4 Å². The predicted molar refractivity (Wildman–Crippen MR) is 152 cm³/mol. The molecule has 0 spiro atoms. The second-order valence-electron chi connectivity index (χ2n) is 11.6. The highest BCUT2D eigenvalue weighted by Gasteiger charge is 2.52. The third kappa shape index (κ3) is 6.87. The smallest absolute Gasteiger partial charge is 0.410 e. The van der Waals surface area contributed by atoms with Gasteiger partial charge in [0.05, 0.1) is 12.5 Å². The van der Waals surface area contributed by atoms with E-state index in [1.165, 1.54) is 6.07 Å². The summed E-state index contributed by atoms with van der Waals surface area (Å²) >= 11 is 6.61. The monoisotopic (exact) mass is 573 g/mol. The van der Waals surface area contributed by atoms with Crippen LogP contribution in [0.25, 0.3) is 0 Å². The van der Waals surface area contributed by atoms with Crippen LogP contribution in [0.1, 0.15) is 56.7 Å². The first kappa shape index (κ1) is 30.1. The molecular weight excluding hydrogens is 534 g/mol. The van der Waals surface area contributed by atoms with Crippen LogP contribution < -0.4 is 5.56 Å². The molecule has 1 aromatic heterocycles. The van der Waals surface area contributed by atoms with Gasteiger partial charge in [-0.2, -0.15) is 0 Å². The molecule has 10 heteroatoms. The molecule has 1 N–H and O–H groups in total. The Kier molecular flexibility index (Phi) is 9.27. The zero-order chi connectivity index (χ0) is 29.1. The number of pyridine rings is 1. The van der Waals surface area contributed by atoms with Gasteiger partial charge in [-0.1, -0.05) is 23.7 Å². The topological polar surface area (TPSA) is 101 Å². The number of methoxy groups -OCH3 is 2. The lowest BCUT2D eigenvalue weighted by molar-refractivity contribution is -0.160. The normalized spacial score (nSPS) is 21.2. The largest absolute Gasteiger partial charge is 0.444 e. The fourth-order valence-corrected chi connectivity index (χ4v) is 5.58. The number of carbonyl (C=O) groups excluding carboxylic acids is 2. The van der Waals surface area contributed by atoms with Crippen LogP contribution in [0.5, 0.6) is 0 Å². The maximum Gasteiger partial charge on any atom is 0.410 e. The third-order valence-corrected chi connectivity index (χ3v) is 7.98. The molecule has 2 fully saturated rings. The molecule has 1 aliphatic heterocycles. The van der Waals surface area contributed by atoms with E-state index in [2.05, 4.69) is 4.98 Å². The minimum atomic E-state index is -1.10. The number of amides is 2. The average Bonchev–Trinajstić information content (AvgIpc) is 3.75. The minimum Gasteiger partial charge on any atom is -0.444 e. The molecule has 0 unspecified atom stereocenters. The summed E-state index contributed by atoms with van der Waals surface area (Å²) in [5, 5.41) is 0.589. The summed E-state index contributed by atoms with van der Waals surface area (Å²) in [6.45, 7) is 6.77. The van der Waals surface area contributed by atoms with Crippen LogP contribution >= 0.6 is 11.6 Å². The summed E-state index contributed by atoms with van der Waals surface area (Å²) < 4.78 is 17.0. The molecule has 40 heavy (non-hydrogen) atoms. The lowest BCUT2D eigenvalue weighted by Gasteiger charge is -2.47. The van der Waals surface area contributed by atoms with Gasteiger partial charge in [-0.15, -0.1) is 0 Å². The van der Waals surface area contributed by atoms with Crippen molar-refractivity contribution in [2.75, 3.05) is 33.9 Å². The number of ether oxygens (including phenoxy) is 3.